The third kappa shape index (κ3) is 4.60. The summed E-state index contributed by atoms with van der Waals surface area (Å²) in [5, 5.41) is 36.9. The zero-order valence-electron chi connectivity index (χ0n) is 19.1. The van der Waals surface area contributed by atoms with E-state index in [0.717, 1.165) is 0 Å². The van der Waals surface area contributed by atoms with Gasteiger partial charge in [0.25, 0.3) is 17.5 Å². The zero-order chi connectivity index (χ0) is 25.8. The molecule has 0 unspecified atom stereocenters. The number of phenols is 1. The molecule has 0 saturated heterocycles. The second-order valence-electron chi connectivity index (χ2n) is 7.78. The van der Waals surface area contributed by atoms with Gasteiger partial charge in [-0.3, -0.25) is 4.79 Å². The van der Waals surface area contributed by atoms with E-state index in [4.69, 9.17) is 6.57 Å². The number of hydrogen-bond donors (Lipinski definition) is 3. The second kappa shape index (κ2) is 10.0. The number of aliphatic hydroxyl groups excluding tert-OH is 1. The van der Waals surface area contributed by atoms with Gasteiger partial charge >= 0.3 is 0 Å². The van der Waals surface area contributed by atoms with E-state index in [-0.39, 0.29) is 41.1 Å². The van der Waals surface area contributed by atoms with E-state index in [1.807, 2.05) is 0 Å². The molecule has 0 bridgehead atoms. The number of azo groups is 1. The molecule has 0 aliphatic rings. The highest BCUT2D eigenvalue weighted by Crippen LogP contribution is 2.39. The quantitative estimate of drug-likeness (QED) is 0.220. The number of aromatic nitrogens is 4. The zero-order valence-corrected chi connectivity index (χ0v) is 19.1. The van der Waals surface area contributed by atoms with Gasteiger partial charge in [-0.1, -0.05) is 36.4 Å². The average molecular weight is 490 g/mol. The van der Waals surface area contributed by atoms with Crippen molar-refractivity contribution in [3.63, 3.8) is 0 Å². The van der Waals surface area contributed by atoms with Gasteiger partial charge in [-0.15, -0.1) is 10.2 Å². The Labute approximate surface area is 210 Å². The van der Waals surface area contributed by atoms with Crippen LogP contribution < -0.4 is 5.32 Å². The minimum atomic E-state index is -0.564. The monoisotopic (exact) mass is 490 g/mol. The lowest BCUT2D eigenvalue weighted by Gasteiger charge is -2.12. The minimum Gasteiger partial charge on any atom is -0.505 e. The van der Waals surface area contributed by atoms with Gasteiger partial charge in [-0.05, 0) is 40.6 Å². The Balaban J connectivity index is 1.58. The summed E-state index contributed by atoms with van der Waals surface area (Å²) in [5.74, 6) is -0.685. The van der Waals surface area contributed by atoms with Crippen LogP contribution in [0.1, 0.15) is 15.9 Å². The van der Waals surface area contributed by atoms with Gasteiger partial charge < -0.3 is 15.5 Å². The number of carbonyl (C=O) groups excluding carboxylic acids is 1. The fraction of sp³-hybridized carbons (Fsp3) is 0.0385. The molecule has 0 aliphatic heterocycles. The number of fused-ring (bicyclic) bond motifs is 1. The maximum Gasteiger partial charge on any atom is 0.260 e. The molecule has 3 aromatic carbocycles. The molecular formula is C26H18N8O3. The first kappa shape index (κ1) is 23.3. The van der Waals surface area contributed by atoms with Gasteiger partial charge in [0.1, 0.15) is 5.69 Å². The highest BCUT2D eigenvalue weighted by Gasteiger charge is 2.20. The normalized spacial score (nSPS) is 11.0. The minimum absolute atomic E-state index is 0.00625. The van der Waals surface area contributed by atoms with Gasteiger partial charge in [0, 0.05) is 18.1 Å². The number of carbonyl (C=O) groups is 1. The van der Waals surface area contributed by atoms with Crippen LogP contribution >= 0.6 is 0 Å². The topological polar surface area (TPSA) is 142 Å². The number of aliphatic hydroxyl groups is 1. The largest absolute Gasteiger partial charge is 0.505 e. The maximum absolute atomic E-state index is 13.3. The van der Waals surface area contributed by atoms with Crippen LogP contribution in [0.15, 0.2) is 89.5 Å². The average Bonchev–Trinajstić information content (AvgIpc) is 3.35. The van der Waals surface area contributed by atoms with E-state index in [2.05, 4.69) is 35.5 Å². The van der Waals surface area contributed by atoms with E-state index in [9.17, 15) is 15.0 Å². The summed E-state index contributed by atoms with van der Waals surface area (Å²) in [6.07, 6.45) is 4.37. The standard InChI is InChI=1S/C26H18N8O3/c1-27-21-14-30-34(26-28-10-5-11-29-26)24(21)33-32-20-13-17-7-2-3-9-19(17)22(23(20)36)25(37)31-18-8-4-6-16(12-18)15-35/h2-14,35-36H,15H2,(H,31,37). The predicted octanol–water partition coefficient (Wildman–Crippen LogP) is 5.23. The van der Waals surface area contributed by atoms with Crippen LogP contribution in [0.25, 0.3) is 21.6 Å². The van der Waals surface area contributed by atoms with Crippen molar-refractivity contribution in [1.82, 2.24) is 19.7 Å². The summed E-state index contributed by atoms with van der Waals surface area (Å²) in [7, 11) is 0. The van der Waals surface area contributed by atoms with Gasteiger partial charge in [0.15, 0.2) is 11.6 Å². The molecule has 0 fully saturated rings. The first-order valence-corrected chi connectivity index (χ1v) is 11.0. The van der Waals surface area contributed by atoms with Gasteiger partial charge in [-0.2, -0.15) is 9.78 Å². The van der Waals surface area contributed by atoms with Crippen LogP contribution in [0, 0.1) is 6.57 Å². The molecule has 5 aromatic rings. The summed E-state index contributed by atoms with van der Waals surface area (Å²) in [5.41, 5.74) is 1.22. The highest BCUT2D eigenvalue weighted by molar-refractivity contribution is 6.16. The number of amides is 1. The Bertz CT molecular complexity index is 1690. The number of aromatic hydroxyl groups is 1. The van der Waals surface area contributed by atoms with Crippen LogP contribution in [0.4, 0.5) is 22.9 Å². The Morgan fingerprint density at radius 1 is 1.05 bits per heavy atom. The van der Waals surface area contributed by atoms with Crippen molar-refractivity contribution >= 4 is 39.6 Å². The molecule has 0 aliphatic carbocycles. The summed E-state index contributed by atoms with van der Waals surface area (Å²) in [6.45, 7) is 7.26. The van der Waals surface area contributed by atoms with Crippen LogP contribution in [-0.4, -0.2) is 35.9 Å². The van der Waals surface area contributed by atoms with Gasteiger partial charge in [-0.25, -0.2) is 14.8 Å². The Kier molecular flexibility index (Phi) is 6.31. The molecule has 2 heterocycles. The number of benzene rings is 3. The summed E-state index contributed by atoms with van der Waals surface area (Å²) < 4.78 is 1.26. The van der Waals surface area contributed by atoms with Crippen molar-refractivity contribution in [3.8, 4) is 11.7 Å². The molecule has 2 aromatic heterocycles. The third-order valence-electron chi connectivity index (χ3n) is 5.44. The summed E-state index contributed by atoms with van der Waals surface area (Å²) >= 11 is 0. The Morgan fingerprint density at radius 2 is 1.86 bits per heavy atom. The van der Waals surface area contributed by atoms with Crippen molar-refractivity contribution in [3.05, 3.63) is 102 Å². The smallest absolute Gasteiger partial charge is 0.260 e. The highest BCUT2D eigenvalue weighted by atomic mass is 16.3. The molecule has 11 heteroatoms. The van der Waals surface area contributed by atoms with E-state index in [0.29, 0.717) is 22.0 Å². The molecule has 0 radical (unpaired) electrons. The SMILES string of the molecule is [C-]#[N+]c1cnn(-c2ncccn2)c1N=Nc1cc2ccccc2c(C(=O)Nc2cccc(CO)c2)c1O. The van der Waals surface area contributed by atoms with Crippen molar-refractivity contribution in [1.29, 1.82) is 0 Å². The summed E-state index contributed by atoms with van der Waals surface area (Å²) in [6, 6.07) is 17.0. The Morgan fingerprint density at radius 3 is 2.65 bits per heavy atom. The molecule has 0 atom stereocenters. The van der Waals surface area contributed by atoms with Crippen molar-refractivity contribution in [2.45, 2.75) is 6.61 Å². The van der Waals surface area contributed by atoms with E-state index >= 15 is 0 Å². The first-order chi connectivity index (χ1) is 18.1. The third-order valence-corrected chi connectivity index (χ3v) is 5.44. The molecule has 3 N–H and O–H groups in total. The van der Waals surface area contributed by atoms with Gasteiger partial charge in [0.2, 0.25) is 0 Å². The fourth-order valence-electron chi connectivity index (χ4n) is 3.72. The number of nitrogens with zero attached hydrogens (tertiary/aromatic N) is 7. The van der Waals surface area contributed by atoms with Crippen LogP contribution in [0.5, 0.6) is 5.75 Å². The number of hydrogen-bond acceptors (Lipinski definition) is 8. The lowest BCUT2D eigenvalue weighted by atomic mass is 10.0. The molecular weight excluding hydrogens is 472 g/mol. The van der Waals surface area contributed by atoms with Crippen LogP contribution in [0.2, 0.25) is 0 Å². The maximum atomic E-state index is 13.3. The van der Waals surface area contributed by atoms with E-state index in [1.165, 1.54) is 23.3 Å². The fourth-order valence-corrected chi connectivity index (χ4v) is 3.72. The number of phenolic OH excluding ortho intramolecular Hbond substituents is 1. The lowest BCUT2D eigenvalue weighted by Crippen LogP contribution is -2.13. The van der Waals surface area contributed by atoms with Crippen LogP contribution in [0.3, 0.4) is 0 Å². The van der Waals surface area contributed by atoms with Crippen molar-refractivity contribution in [2.75, 3.05) is 5.32 Å². The molecule has 0 saturated carbocycles. The number of nitrogens with one attached hydrogen (secondary N) is 1. The molecule has 0 spiro atoms. The number of anilines is 1. The lowest BCUT2D eigenvalue weighted by molar-refractivity contribution is 0.102. The van der Waals surface area contributed by atoms with E-state index < -0.39 is 5.91 Å². The molecule has 37 heavy (non-hydrogen) atoms. The predicted molar refractivity (Wildman–Crippen MR) is 136 cm³/mol. The summed E-state index contributed by atoms with van der Waals surface area (Å²) in [4.78, 5) is 25.0. The molecule has 11 nitrogen and oxygen atoms in total. The van der Waals surface area contributed by atoms with E-state index in [1.54, 1.807) is 60.7 Å². The van der Waals surface area contributed by atoms with Crippen molar-refractivity contribution < 1.29 is 15.0 Å². The Hall–Kier alpha value is -5.47. The van der Waals surface area contributed by atoms with Crippen LogP contribution in [-0.2, 0) is 6.61 Å². The first-order valence-electron chi connectivity index (χ1n) is 11.0. The molecule has 180 valence electrons. The second-order valence-corrected chi connectivity index (χ2v) is 7.78. The number of rotatable bonds is 6. The molecule has 1 amide bonds. The van der Waals surface area contributed by atoms with Gasteiger partial charge in [0.05, 0.1) is 24.9 Å². The van der Waals surface area contributed by atoms with Crippen molar-refractivity contribution in [2.24, 2.45) is 10.2 Å². The molecule has 5 rings (SSSR count).